The van der Waals surface area contributed by atoms with Crippen molar-refractivity contribution in [3.05, 3.63) is 52.1 Å². The summed E-state index contributed by atoms with van der Waals surface area (Å²) in [5, 5.41) is 9.67. The standard InChI is InChI=1S/C24H23BrF3NO4/c25-20-11-17(32-13-22(30)31)10-19(24(26,27)28)23(20)33-16-6-7-21-18(9-16)15(12-29-21)8-14-4-2-1-3-5-14/h6-7,9-12,14,29H,1-5,8,13H2,(H,30,31). The minimum absolute atomic E-state index is 0.00862. The van der Waals surface area contributed by atoms with Gasteiger partial charge in [0.1, 0.15) is 17.1 Å². The van der Waals surface area contributed by atoms with Crippen LogP contribution in [0.1, 0.15) is 43.2 Å². The number of nitrogens with one attached hydrogen (secondary N) is 1. The van der Waals surface area contributed by atoms with Crippen molar-refractivity contribution < 1.29 is 32.5 Å². The number of hydrogen-bond donors (Lipinski definition) is 2. The second kappa shape index (κ2) is 9.67. The smallest absolute Gasteiger partial charge is 0.420 e. The summed E-state index contributed by atoms with van der Waals surface area (Å²) in [5.41, 5.74) is 0.976. The largest absolute Gasteiger partial charge is 0.482 e. The predicted octanol–water partition coefficient (Wildman–Crippen LogP) is 7.33. The topological polar surface area (TPSA) is 71.6 Å². The Kier molecular flexibility index (Phi) is 6.88. The van der Waals surface area contributed by atoms with E-state index in [4.69, 9.17) is 14.6 Å². The number of carbonyl (C=O) groups is 1. The van der Waals surface area contributed by atoms with Crippen molar-refractivity contribution in [1.29, 1.82) is 0 Å². The molecule has 0 radical (unpaired) electrons. The van der Waals surface area contributed by atoms with Crippen molar-refractivity contribution in [3.8, 4) is 17.2 Å². The van der Waals surface area contributed by atoms with Crippen LogP contribution in [0.25, 0.3) is 10.9 Å². The number of aromatic nitrogens is 1. The van der Waals surface area contributed by atoms with E-state index in [2.05, 4.69) is 20.9 Å². The zero-order chi connectivity index (χ0) is 23.6. The SMILES string of the molecule is O=C(O)COc1cc(Br)c(Oc2ccc3[nH]cc(CC4CCCCC4)c3c2)c(C(F)(F)F)c1. The fraction of sp³-hybridized carbons (Fsp3) is 0.375. The minimum atomic E-state index is -4.73. The molecule has 0 bridgehead atoms. The Morgan fingerprint density at radius 3 is 2.58 bits per heavy atom. The number of carboxylic acids is 1. The first kappa shape index (κ1) is 23.5. The molecule has 1 aromatic heterocycles. The Labute approximate surface area is 197 Å². The van der Waals surface area contributed by atoms with Gasteiger partial charge in [-0.25, -0.2) is 4.79 Å². The lowest BCUT2D eigenvalue weighted by Crippen LogP contribution is -2.12. The fourth-order valence-corrected chi connectivity index (χ4v) is 4.84. The zero-order valence-corrected chi connectivity index (χ0v) is 19.3. The lowest BCUT2D eigenvalue weighted by atomic mass is 9.85. The number of H-pyrrole nitrogens is 1. The van der Waals surface area contributed by atoms with Gasteiger partial charge in [-0.15, -0.1) is 0 Å². The number of fused-ring (bicyclic) bond motifs is 1. The molecule has 33 heavy (non-hydrogen) atoms. The molecule has 4 rings (SSSR count). The molecule has 1 fully saturated rings. The average molecular weight is 526 g/mol. The Morgan fingerprint density at radius 1 is 1.12 bits per heavy atom. The van der Waals surface area contributed by atoms with Crippen LogP contribution in [0.3, 0.4) is 0 Å². The maximum atomic E-state index is 13.8. The first-order chi connectivity index (χ1) is 15.7. The summed E-state index contributed by atoms with van der Waals surface area (Å²) in [6.07, 6.45) is 4.31. The van der Waals surface area contributed by atoms with Gasteiger partial charge in [-0.05, 0) is 64.2 Å². The van der Waals surface area contributed by atoms with Crippen LogP contribution in [0, 0.1) is 5.92 Å². The monoisotopic (exact) mass is 525 g/mol. The third-order valence-electron chi connectivity index (χ3n) is 5.88. The van der Waals surface area contributed by atoms with Crippen molar-refractivity contribution in [1.82, 2.24) is 4.98 Å². The van der Waals surface area contributed by atoms with E-state index in [9.17, 15) is 18.0 Å². The van der Waals surface area contributed by atoms with Crippen molar-refractivity contribution in [2.75, 3.05) is 6.61 Å². The van der Waals surface area contributed by atoms with Gasteiger partial charge in [0.05, 0.1) is 4.47 Å². The van der Waals surface area contributed by atoms with Crippen molar-refractivity contribution in [2.45, 2.75) is 44.7 Å². The summed E-state index contributed by atoms with van der Waals surface area (Å²) in [6, 6.07) is 7.17. The number of ether oxygens (including phenoxy) is 2. The molecule has 2 aromatic carbocycles. The van der Waals surface area contributed by atoms with Crippen LogP contribution in [-0.2, 0) is 17.4 Å². The van der Waals surface area contributed by atoms with Gasteiger partial charge < -0.3 is 19.6 Å². The molecular weight excluding hydrogens is 503 g/mol. The number of aliphatic carboxylic acids is 1. The van der Waals surface area contributed by atoms with E-state index in [-0.39, 0.29) is 16.0 Å². The van der Waals surface area contributed by atoms with Crippen LogP contribution >= 0.6 is 15.9 Å². The summed E-state index contributed by atoms with van der Waals surface area (Å²) in [7, 11) is 0. The van der Waals surface area contributed by atoms with E-state index in [0.29, 0.717) is 5.92 Å². The molecule has 0 aliphatic heterocycles. The molecule has 0 atom stereocenters. The van der Waals surface area contributed by atoms with Crippen molar-refractivity contribution in [3.63, 3.8) is 0 Å². The maximum Gasteiger partial charge on any atom is 0.420 e. The molecule has 9 heteroatoms. The van der Waals surface area contributed by atoms with E-state index >= 15 is 0 Å². The molecule has 1 heterocycles. The molecule has 1 aliphatic rings. The quantitative estimate of drug-likeness (QED) is 0.338. The molecule has 1 saturated carbocycles. The highest BCUT2D eigenvalue weighted by atomic mass is 79.9. The maximum absolute atomic E-state index is 13.8. The Hall–Kier alpha value is -2.68. The van der Waals surface area contributed by atoms with Crippen LogP contribution in [0.15, 0.2) is 41.0 Å². The molecule has 0 saturated heterocycles. The number of benzene rings is 2. The number of rotatable bonds is 7. The third kappa shape index (κ3) is 5.63. The summed E-state index contributed by atoms with van der Waals surface area (Å²) in [4.78, 5) is 13.9. The zero-order valence-electron chi connectivity index (χ0n) is 17.7. The van der Waals surface area contributed by atoms with E-state index in [1.54, 1.807) is 18.2 Å². The van der Waals surface area contributed by atoms with Gasteiger partial charge in [0.2, 0.25) is 0 Å². The number of hydrogen-bond acceptors (Lipinski definition) is 3. The van der Waals surface area contributed by atoms with Gasteiger partial charge in [0.15, 0.2) is 12.4 Å². The Balaban J connectivity index is 1.64. The van der Waals surface area contributed by atoms with E-state index < -0.39 is 30.1 Å². The van der Waals surface area contributed by atoms with Crippen LogP contribution in [0.4, 0.5) is 13.2 Å². The summed E-state index contributed by atoms with van der Waals surface area (Å²) >= 11 is 3.12. The normalized spacial score (nSPS) is 15.0. The van der Waals surface area contributed by atoms with E-state index in [0.717, 1.165) is 29.0 Å². The lowest BCUT2D eigenvalue weighted by Gasteiger charge is -2.21. The highest BCUT2D eigenvalue weighted by Crippen LogP contribution is 2.45. The van der Waals surface area contributed by atoms with Gasteiger partial charge >= 0.3 is 12.1 Å². The highest BCUT2D eigenvalue weighted by molar-refractivity contribution is 9.10. The van der Waals surface area contributed by atoms with Gasteiger partial charge in [-0.3, -0.25) is 0 Å². The summed E-state index contributed by atoms with van der Waals surface area (Å²) in [5.74, 6) is -1.03. The third-order valence-corrected chi connectivity index (χ3v) is 6.47. The predicted molar refractivity (Wildman–Crippen MR) is 121 cm³/mol. The fourth-order valence-electron chi connectivity index (χ4n) is 4.32. The van der Waals surface area contributed by atoms with E-state index in [1.165, 1.54) is 38.2 Å². The molecule has 3 aromatic rings. The van der Waals surface area contributed by atoms with Gasteiger partial charge in [-0.2, -0.15) is 13.2 Å². The van der Waals surface area contributed by atoms with Gasteiger partial charge in [0, 0.05) is 17.1 Å². The molecule has 1 aliphatic carbocycles. The van der Waals surface area contributed by atoms with Crippen LogP contribution < -0.4 is 9.47 Å². The number of alkyl halides is 3. The second-order valence-corrected chi connectivity index (χ2v) is 9.15. The number of carboxylic acid groups (broad SMARTS) is 1. The summed E-state index contributed by atoms with van der Waals surface area (Å²) < 4.78 is 51.9. The molecule has 176 valence electrons. The van der Waals surface area contributed by atoms with E-state index in [1.807, 2.05) is 6.20 Å². The molecule has 2 N–H and O–H groups in total. The van der Waals surface area contributed by atoms with Crippen molar-refractivity contribution in [2.24, 2.45) is 5.92 Å². The second-order valence-electron chi connectivity index (χ2n) is 8.29. The van der Waals surface area contributed by atoms with Crippen molar-refractivity contribution >= 4 is 32.8 Å². The first-order valence-electron chi connectivity index (χ1n) is 10.7. The Bertz CT molecular complexity index is 1150. The molecule has 0 amide bonds. The number of halogens is 4. The van der Waals surface area contributed by atoms with Crippen LogP contribution in [0.5, 0.6) is 17.2 Å². The molecular formula is C24H23BrF3NO4. The summed E-state index contributed by atoms with van der Waals surface area (Å²) in [6.45, 7) is -0.752. The lowest BCUT2D eigenvalue weighted by molar-refractivity contribution is -0.139. The average Bonchev–Trinajstić information content (AvgIpc) is 3.15. The molecule has 5 nitrogen and oxygen atoms in total. The molecule has 0 spiro atoms. The first-order valence-corrected chi connectivity index (χ1v) is 11.5. The van der Waals surface area contributed by atoms with Crippen LogP contribution in [0.2, 0.25) is 0 Å². The van der Waals surface area contributed by atoms with Crippen LogP contribution in [-0.4, -0.2) is 22.7 Å². The minimum Gasteiger partial charge on any atom is -0.482 e. The molecule has 0 unspecified atom stereocenters. The van der Waals surface area contributed by atoms with Gasteiger partial charge in [-0.1, -0.05) is 32.1 Å². The number of aromatic amines is 1. The van der Waals surface area contributed by atoms with Gasteiger partial charge in [0.25, 0.3) is 0 Å². The highest BCUT2D eigenvalue weighted by Gasteiger charge is 2.36. The Morgan fingerprint density at radius 2 is 1.88 bits per heavy atom.